The van der Waals surface area contributed by atoms with E-state index in [-0.39, 0.29) is 42.4 Å². The third kappa shape index (κ3) is 5.11. The Bertz CT molecular complexity index is 1240. The lowest BCUT2D eigenvalue weighted by Gasteiger charge is -2.11. The monoisotopic (exact) mass is 428 g/mol. The smallest absolute Gasteiger partial charge is 0.261 e. The third-order valence-corrected chi connectivity index (χ3v) is 6.29. The Balaban J connectivity index is 1.49. The number of aryl methyl sites for hydroxylation is 3. The Morgan fingerprint density at radius 1 is 1.10 bits per heavy atom. The molecule has 2 aromatic carbocycles. The first kappa shape index (κ1) is 21.7. The van der Waals surface area contributed by atoms with Gasteiger partial charge >= 0.3 is 0 Å². The molecule has 1 amide bonds. The van der Waals surface area contributed by atoms with Crippen LogP contribution in [0, 0.1) is 13.8 Å². The van der Waals surface area contributed by atoms with Crippen molar-refractivity contribution in [2.75, 3.05) is 13.1 Å². The molecule has 158 valence electrons. The van der Waals surface area contributed by atoms with Gasteiger partial charge in [-0.3, -0.25) is 14.2 Å². The maximum absolute atomic E-state index is 12.4. The summed E-state index contributed by atoms with van der Waals surface area (Å²) in [6.07, 6.45) is 1.51. The molecule has 2 N–H and O–H groups in total. The highest BCUT2D eigenvalue weighted by atomic mass is 32.2. The van der Waals surface area contributed by atoms with E-state index in [2.05, 4.69) is 15.0 Å². The van der Waals surface area contributed by atoms with Crippen molar-refractivity contribution in [3.8, 4) is 0 Å². The predicted molar refractivity (Wildman–Crippen MR) is 115 cm³/mol. The Labute approximate surface area is 175 Å². The zero-order chi connectivity index (χ0) is 21.7. The van der Waals surface area contributed by atoms with E-state index >= 15 is 0 Å². The number of para-hydroxylation sites is 1. The van der Waals surface area contributed by atoms with Crippen molar-refractivity contribution in [1.29, 1.82) is 0 Å². The zero-order valence-electron chi connectivity index (χ0n) is 16.9. The first-order valence-electron chi connectivity index (χ1n) is 9.56. The standard InChI is InChI=1S/C21H24N4O4S/c1-15-7-8-16(2)19(13-15)30(28,29)24-11-10-22-20(26)9-12-25-14-23-18-6-4-3-5-17(18)21(25)27/h3-8,13-14,24H,9-12H2,1-2H3,(H,22,26). The normalized spacial score (nSPS) is 11.5. The van der Waals surface area contributed by atoms with Crippen LogP contribution < -0.4 is 15.6 Å². The van der Waals surface area contributed by atoms with Gasteiger partial charge in [0.05, 0.1) is 22.1 Å². The molecule has 0 fully saturated rings. The molecule has 0 aliphatic carbocycles. The second kappa shape index (κ2) is 9.19. The molecule has 0 spiro atoms. The molecule has 30 heavy (non-hydrogen) atoms. The fraction of sp³-hybridized carbons (Fsp3) is 0.286. The van der Waals surface area contributed by atoms with Gasteiger partial charge < -0.3 is 5.32 Å². The first-order valence-corrected chi connectivity index (χ1v) is 11.0. The summed E-state index contributed by atoms with van der Waals surface area (Å²) in [5.74, 6) is -0.277. The van der Waals surface area contributed by atoms with Gasteiger partial charge in [-0.1, -0.05) is 24.3 Å². The molecule has 0 saturated carbocycles. The number of hydrogen-bond acceptors (Lipinski definition) is 5. The molecule has 1 aromatic heterocycles. The number of fused-ring (bicyclic) bond motifs is 1. The van der Waals surface area contributed by atoms with E-state index in [1.54, 1.807) is 43.3 Å². The number of carbonyl (C=O) groups is 1. The fourth-order valence-electron chi connectivity index (χ4n) is 3.04. The number of rotatable bonds is 8. The molecule has 0 unspecified atom stereocenters. The molecule has 3 rings (SSSR count). The second-order valence-corrected chi connectivity index (χ2v) is 8.76. The summed E-state index contributed by atoms with van der Waals surface area (Å²) in [4.78, 5) is 28.9. The van der Waals surface area contributed by atoms with Crippen molar-refractivity contribution in [1.82, 2.24) is 19.6 Å². The van der Waals surface area contributed by atoms with E-state index in [0.717, 1.165) is 5.56 Å². The van der Waals surface area contributed by atoms with Gasteiger partial charge in [-0.15, -0.1) is 0 Å². The topological polar surface area (TPSA) is 110 Å². The number of aromatic nitrogens is 2. The summed E-state index contributed by atoms with van der Waals surface area (Å²) < 4.78 is 28.8. The second-order valence-electron chi connectivity index (χ2n) is 7.03. The van der Waals surface area contributed by atoms with Crippen molar-refractivity contribution in [2.45, 2.75) is 31.7 Å². The van der Waals surface area contributed by atoms with Crippen LogP contribution in [0.25, 0.3) is 10.9 Å². The summed E-state index contributed by atoms with van der Waals surface area (Å²) in [6.45, 7) is 3.97. The highest BCUT2D eigenvalue weighted by Crippen LogP contribution is 2.16. The molecule has 0 aliphatic heterocycles. The van der Waals surface area contributed by atoms with E-state index in [1.807, 2.05) is 13.0 Å². The van der Waals surface area contributed by atoms with Crippen LogP contribution in [-0.4, -0.2) is 37.0 Å². The third-order valence-electron chi connectivity index (χ3n) is 4.68. The molecular weight excluding hydrogens is 404 g/mol. The van der Waals surface area contributed by atoms with Crippen LogP contribution in [-0.2, 0) is 21.4 Å². The van der Waals surface area contributed by atoms with Crippen molar-refractivity contribution in [2.24, 2.45) is 0 Å². The lowest BCUT2D eigenvalue weighted by Crippen LogP contribution is -2.35. The molecule has 9 heteroatoms. The molecule has 0 atom stereocenters. The van der Waals surface area contributed by atoms with Gasteiger partial charge in [0.25, 0.3) is 5.56 Å². The van der Waals surface area contributed by atoms with Crippen LogP contribution in [0.2, 0.25) is 0 Å². The maximum Gasteiger partial charge on any atom is 0.261 e. The summed E-state index contributed by atoms with van der Waals surface area (Å²) in [6, 6.07) is 12.3. The van der Waals surface area contributed by atoms with Crippen molar-refractivity contribution >= 4 is 26.8 Å². The lowest BCUT2D eigenvalue weighted by atomic mass is 10.2. The molecule has 0 radical (unpaired) electrons. The minimum atomic E-state index is -3.65. The first-order chi connectivity index (χ1) is 14.3. The quantitative estimate of drug-likeness (QED) is 0.529. The number of sulfonamides is 1. The number of benzene rings is 2. The number of nitrogens with zero attached hydrogens (tertiary/aromatic N) is 2. The highest BCUT2D eigenvalue weighted by molar-refractivity contribution is 7.89. The van der Waals surface area contributed by atoms with E-state index in [0.29, 0.717) is 16.5 Å². The Morgan fingerprint density at radius 3 is 2.67 bits per heavy atom. The number of carbonyl (C=O) groups excluding carboxylic acids is 1. The molecule has 0 saturated heterocycles. The van der Waals surface area contributed by atoms with Crippen molar-refractivity contribution in [3.05, 3.63) is 70.3 Å². The molecule has 8 nitrogen and oxygen atoms in total. The van der Waals surface area contributed by atoms with Gasteiger partial charge in [-0.25, -0.2) is 18.1 Å². The zero-order valence-corrected chi connectivity index (χ0v) is 17.7. The minimum Gasteiger partial charge on any atom is -0.355 e. The van der Waals surface area contributed by atoms with E-state index in [1.165, 1.54) is 10.9 Å². The van der Waals surface area contributed by atoms with Crippen molar-refractivity contribution in [3.63, 3.8) is 0 Å². The average molecular weight is 429 g/mol. The van der Waals surface area contributed by atoms with Crippen molar-refractivity contribution < 1.29 is 13.2 Å². The summed E-state index contributed by atoms with van der Waals surface area (Å²) in [5.41, 5.74) is 1.92. The van der Waals surface area contributed by atoms with Crippen LogP contribution in [0.3, 0.4) is 0 Å². The lowest BCUT2D eigenvalue weighted by molar-refractivity contribution is -0.121. The van der Waals surface area contributed by atoms with Crippen LogP contribution in [0.15, 0.2) is 58.5 Å². The van der Waals surface area contributed by atoms with E-state index in [4.69, 9.17) is 0 Å². The Hall–Kier alpha value is -3.04. The number of hydrogen-bond donors (Lipinski definition) is 2. The van der Waals surface area contributed by atoms with Gasteiger partial charge in [-0.05, 0) is 43.2 Å². The van der Waals surface area contributed by atoms with Crippen LogP contribution in [0.5, 0.6) is 0 Å². The minimum absolute atomic E-state index is 0.0684. The summed E-state index contributed by atoms with van der Waals surface area (Å²) in [7, 11) is -3.65. The van der Waals surface area contributed by atoms with Crippen LogP contribution in [0.1, 0.15) is 17.5 Å². The average Bonchev–Trinajstić information content (AvgIpc) is 2.72. The molecule has 0 aliphatic rings. The Kier molecular flexibility index (Phi) is 6.63. The van der Waals surface area contributed by atoms with Crippen LogP contribution in [0.4, 0.5) is 0 Å². The van der Waals surface area contributed by atoms with Crippen LogP contribution >= 0.6 is 0 Å². The van der Waals surface area contributed by atoms with Gasteiger partial charge in [-0.2, -0.15) is 0 Å². The summed E-state index contributed by atoms with van der Waals surface area (Å²) in [5, 5.41) is 3.16. The molecule has 3 aromatic rings. The van der Waals surface area contributed by atoms with Gasteiger partial charge in [0, 0.05) is 26.1 Å². The SMILES string of the molecule is Cc1ccc(C)c(S(=O)(=O)NCCNC(=O)CCn2cnc3ccccc3c2=O)c1. The van der Waals surface area contributed by atoms with Gasteiger partial charge in [0.2, 0.25) is 15.9 Å². The maximum atomic E-state index is 12.4. The molecular formula is C21H24N4O4S. The predicted octanol–water partition coefficient (Wildman–Crippen LogP) is 1.50. The summed E-state index contributed by atoms with van der Waals surface area (Å²) >= 11 is 0. The Morgan fingerprint density at radius 2 is 1.87 bits per heavy atom. The molecule has 1 heterocycles. The number of amides is 1. The van der Waals surface area contributed by atoms with Gasteiger partial charge in [0.15, 0.2) is 0 Å². The molecule has 0 bridgehead atoms. The number of nitrogens with one attached hydrogen (secondary N) is 2. The van der Waals surface area contributed by atoms with E-state index in [9.17, 15) is 18.0 Å². The van der Waals surface area contributed by atoms with Gasteiger partial charge in [0.1, 0.15) is 0 Å². The van der Waals surface area contributed by atoms with E-state index < -0.39 is 10.0 Å². The fourth-order valence-corrected chi connectivity index (χ4v) is 4.40. The highest BCUT2D eigenvalue weighted by Gasteiger charge is 2.16. The largest absolute Gasteiger partial charge is 0.355 e.